The summed E-state index contributed by atoms with van der Waals surface area (Å²) in [6.07, 6.45) is 3.16. The molecule has 1 amide bonds. The molecule has 0 spiro atoms. The molecule has 0 radical (unpaired) electrons. The topological polar surface area (TPSA) is 66.4 Å². The normalized spacial score (nSPS) is 26.2. The number of halogens is 2. The van der Waals surface area contributed by atoms with Crippen LogP contribution in [0, 0.1) is 5.41 Å². The lowest BCUT2D eigenvalue weighted by Gasteiger charge is -2.38. The average Bonchev–Trinajstić information content (AvgIpc) is 2.72. The molecule has 2 atom stereocenters. The Balaban J connectivity index is 2.15. The number of hydrogen-bond donors (Lipinski definition) is 2. The average molecular weight is 425 g/mol. The van der Waals surface area contributed by atoms with Crippen LogP contribution in [0.1, 0.15) is 42.3 Å². The lowest BCUT2D eigenvalue weighted by molar-refractivity contribution is -0.151. The highest BCUT2D eigenvalue weighted by molar-refractivity contribution is 9.13. The van der Waals surface area contributed by atoms with Crippen LogP contribution in [0.4, 0.5) is 0 Å². The fourth-order valence-corrected chi connectivity index (χ4v) is 4.45. The zero-order valence-electron chi connectivity index (χ0n) is 10.9. The smallest absolute Gasteiger partial charge is 0.311 e. The molecule has 1 aromatic heterocycles. The van der Waals surface area contributed by atoms with Crippen LogP contribution in [0.3, 0.4) is 0 Å². The third kappa shape index (κ3) is 3.09. The number of carboxylic acid groups (broad SMARTS) is 1. The number of carbonyl (C=O) groups excluding carboxylic acids is 1. The summed E-state index contributed by atoms with van der Waals surface area (Å²) in [5.41, 5.74) is -0.875. The van der Waals surface area contributed by atoms with Gasteiger partial charge in [-0.25, -0.2) is 0 Å². The van der Waals surface area contributed by atoms with Gasteiger partial charge in [-0.05, 0) is 57.7 Å². The van der Waals surface area contributed by atoms with Gasteiger partial charge < -0.3 is 10.4 Å². The predicted octanol–water partition coefficient (Wildman–Crippen LogP) is 4.04. The quantitative estimate of drug-likeness (QED) is 0.769. The summed E-state index contributed by atoms with van der Waals surface area (Å²) in [6.45, 7) is 1.72. The summed E-state index contributed by atoms with van der Waals surface area (Å²) in [7, 11) is 0. The number of aliphatic carboxylic acids is 1. The Morgan fingerprint density at radius 2 is 2.15 bits per heavy atom. The van der Waals surface area contributed by atoms with E-state index in [1.165, 1.54) is 11.3 Å². The molecule has 20 heavy (non-hydrogen) atoms. The van der Waals surface area contributed by atoms with Crippen molar-refractivity contribution in [1.82, 2.24) is 5.32 Å². The summed E-state index contributed by atoms with van der Waals surface area (Å²) in [5, 5.41) is 12.3. The maximum absolute atomic E-state index is 12.3. The molecule has 1 fully saturated rings. The fraction of sp³-hybridized carbons (Fsp3) is 0.538. The minimum Gasteiger partial charge on any atom is -0.481 e. The molecule has 2 unspecified atom stereocenters. The fourth-order valence-electron chi connectivity index (χ4n) is 2.51. The molecule has 110 valence electrons. The van der Waals surface area contributed by atoms with Crippen LogP contribution >= 0.6 is 43.2 Å². The van der Waals surface area contributed by atoms with E-state index >= 15 is 0 Å². The van der Waals surface area contributed by atoms with Crippen LogP contribution in [-0.2, 0) is 4.79 Å². The minimum absolute atomic E-state index is 0.208. The summed E-state index contributed by atoms with van der Waals surface area (Å²) >= 11 is 8.03. The highest BCUT2D eigenvalue weighted by Gasteiger charge is 2.44. The van der Waals surface area contributed by atoms with Gasteiger partial charge in [-0.2, -0.15) is 0 Å². The summed E-state index contributed by atoms with van der Waals surface area (Å²) < 4.78 is 1.68. The molecule has 0 saturated heterocycles. The largest absolute Gasteiger partial charge is 0.481 e. The Kier molecular flexibility index (Phi) is 4.92. The molecular weight excluding hydrogens is 410 g/mol. The lowest BCUT2D eigenvalue weighted by Crippen LogP contribution is -2.52. The number of carbonyl (C=O) groups is 2. The van der Waals surface area contributed by atoms with Gasteiger partial charge in [0.15, 0.2) is 0 Å². The first-order valence-electron chi connectivity index (χ1n) is 6.33. The van der Waals surface area contributed by atoms with E-state index in [0.717, 1.165) is 21.1 Å². The Labute approximate surface area is 138 Å². The molecule has 7 heteroatoms. The molecule has 2 rings (SSSR count). The maximum atomic E-state index is 12.3. The van der Waals surface area contributed by atoms with Gasteiger partial charge in [0, 0.05) is 10.5 Å². The first-order chi connectivity index (χ1) is 9.34. The number of thiophene rings is 1. The standard InChI is InChI=1S/C13H15Br2NO3S/c1-13(12(18)19)5-3-2-4-9(13)16-11(17)8-6-7(14)10(15)20-8/h6,9H,2-5H2,1H3,(H,16,17)(H,18,19). The lowest BCUT2D eigenvalue weighted by atomic mass is 9.71. The van der Waals surface area contributed by atoms with Gasteiger partial charge in [-0.15, -0.1) is 11.3 Å². The van der Waals surface area contributed by atoms with Gasteiger partial charge in [0.1, 0.15) is 0 Å². The van der Waals surface area contributed by atoms with Crippen molar-refractivity contribution < 1.29 is 14.7 Å². The van der Waals surface area contributed by atoms with E-state index in [4.69, 9.17) is 0 Å². The van der Waals surface area contributed by atoms with Crippen LogP contribution in [0.5, 0.6) is 0 Å². The first-order valence-corrected chi connectivity index (χ1v) is 8.74. The van der Waals surface area contributed by atoms with E-state index in [-0.39, 0.29) is 11.9 Å². The molecule has 1 saturated carbocycles. The van der Waals surface area contributed by atoms with E-state index in [2.05, 4.69) is 37.2 Å². The van der Waals surface area contributed by atoms with Gasteiger partial charge in [0.2, 0.25) is 0 Å². The molecule has 1 aliphatic rings. The number of carboxylic acids is 1. The molecule has 1 aromatic rings. The highest BCUT2D eigenvalue weighted by Crippen LogP contribution is 2.37. The van der Waals surface area contributed by atoms with Crippen LogP contribution in [0.25, 0.3) is 0 Å². The van der Waals surface area contributed by atoms with Gasteiger partial charge in [0.05, 0.1) is 14.1 Å². The second-order valence-electron chi connectivity index (χ2n) is 5.23. The second-order valence-corrected chi connectivity index (χ2v) is 8.45. The predicted molar refractivity (Wildman–Crippen MR) is 85.2 cm³/mol. The zero-order valence-corrected chi connectivity index (χ0v) is 14.9. The van der Waals surface area contributed by atoms with Crippen LogP contribution in [0.15, 0.2) is 14.3 Å². The summed E-state index contributed by atoms with van der Waals surface area (Å²) in [6, 6.07) is 1.42. The number of amides is 1. The second kappa shape index (κ2) is 6.15. The number of rotatable bonds is 3. The van der Waals surface area contributed by atoms with E-state index in [0.29, 0.717) is 17.7 Å². The van der Waals surface area contributed by atoms with E-state index in [9.17, 15) is 14.7 Å². The van der Waals surface area contributed by atoms with Crippen molar-refractivity contribution in [3.05, 3.63) is 19.2 Å². The van der Waals surface area contributed by atoms with Crippen molar-refractivity contribution in [3.8, 4) is 0 Å². The van der Waals surface area contributed by atoms with Crippen molar-refractivity contribution in [2.24, 2.45) is 5.41 Å². The van der Waals surface area contributed by atoms with Crippen molar-refractivity contribution in [2.75, 3.05) is 0 Å². The van der Waals surface area contributed by atoms with Gasteiger partial charge in [-0.3, -0.25) is 9.59 Å². The highest BCUT2D eigenvalue weighted by atomic mass is 79.9. The van der Waals surface area contributed by atoms with Gasteiger partial charge in [-0.1, -0.05) is 12.8 Å². The molecule has 0 aromatic carbocycles. The molecule has 0 aliphatic heterocycles. The molecule has 1 aliphatic carbocycles. The SMILES string of the molecule is CC1(C(=O)O)CCCCC1NC(=O)c1cc(Br)c(Br)s1. The minimum atomic E-state index is -0.875. The third-order valence-electron chi connectivity index (χ3n) is 3.87. The van der Waals surface area contributed by atoms with Crippen molar-refractivity contribution in [1.29, 1.82) is 0 Å². The van der Waals surface area contributed by atoms with E-state index < -0.39 is 11.4 Å². The van der Waals surface area contributed by atoms with Crippen molar-refractivity contribution in [3.63, 3.8) is 0 Å². The van der Waals surface area contributed by atoms with Crippen LogP contribution < -0.4 is 5.32 Å². The van der Waals surface area contributed by atoms with Gasteiger partial charge >= 0.3 is 5.97 Å². The van der Waals surface area contributed by atoms with Crippen molar-refractivity contribution >= 4 is 55.1 Å². The Hall–Kier alpha value is -0.400. The van der Waals surface area contributed by atoms with Crippen molar-refractivity contribution in [2.45, 2.75) is 38.6 Å². The molecule has 4 nitrogen and oxygen atoms in total. The molecular formula is C13H15Br2NO3S. The van der Waals surface area contributed by atoms with E-state index in [1.807, 2.05) is 0 Å². The summed E-state index contributed by atoms with van der Waals surface area (Å²) in [5.74, 6) is -1.04. The Morgan fingerprint density at radius 1 is 1.45 bits per heavy atom. The Morgan fingerprint density at radius 3 is 2.70 bits per heavy atom. The molecule has 2 N–H and O–H groups in total. The molecule has 1 heterocycles. The number of hydrogen-bond acceptors (Lipinski definition) is 3. The van der Waals surface area contributed by atoms with Gasteiger partial charge in [0.25, 0.3) is 5.91 Å². The summed E-state index contributed by atoms with van der Waals surface area (Å²) in [4.78, 5) is 24.3. The van der Waals surface area contributed by atoms with Crippen LogP contribution in [-0.4, -0.2) is 23.0 Å². The maximum Gasteiger partial charge on any atom is 0.311 e. The van der Waals surface area contributed by atoms with E-state index in [1.54, 1.807) is 13.0 Å². The first kappa shape index (κ1) is 16.0. The third-order valence-corrected chi connectivity index (χ3v) is 7.13. The monoisotopic (exact) mass is 423 g/mol. The van der Waals surface area contributed by atoms with Crippen LogP contribution in [0.2, 0.25) is 0 Å². The Bertz CT molecular complexity index is 526. The number of nitrogens with one attached hydrogen (secondary N) is 1. The molecule has 0 bridgehead atoms. The zero-order chi connectivity index (χ0) is 14.9.